The largest absolute Gasteiger partial charge is 0.462 e. The zero-order valence-corrected chi connectivity index (χ0v) is 22.4. The Kier molecular flexibility index (Phi) is 6.20. The van der Waals surface area contributed by atoms with Crippen molar-refractivity contribution in [1.82, 2.24) is 25.2 Å². The summed E-state index contributed by atoms with van der Waals surface area (Å²) in [5, 5.41) is 3.85. The molecule has 4 aromatic rings. The highest BCUT2D eigenvalue weighted by atomic mass is 32.1. The van der Waals surface area contributed by atoms with Crippen molar-refractivity contribution in [1.29, 1.82) is 0 Å². The van der Waals surface area contributed by atoms with Crippen LogP contribution in [0.2, 0.25) is 0 Å². The van der Waals surface area contributed by atoms with Crippen LogP contribution in [0.25, 0.3) is 32.2 Å². The van der Waals surface area contributed by atoms with E-state index in [1.807, 2.05) is 16.8 Å². The Hall–Kier alpha value is -3.29. The van der Waals surface area contributed by atoms with Crippen LogP contribution < -0.4 is 20.7 Å². The molecular formula is C27H27F4N7OS. The molecule has 5 heterocycles. The van der Waals surface area contributed by atoms with Crippen molar-refractivity contribution in [3.05, 3.63) is 35.7 Å². The standard InChI is InChI=1S/C27H27F4N7OS/c1-37-8-12(28)6-15(37)11-39-27-35-22-17(25(36-27)38-9-13-2-3-14(10-38)33-13)7-19(30)20(21(22)31)16-4-5-18(29)24-23(16)34-26(32)40-24/h4-5,7,12-15,33H,2-3,6,8-11H2,1H3,(H2,32,34)/t12-,13?,14?,15+/m1/s1. The zero-order valence-electron chi connectivity index (χ0n) is 21.6. The number of thiazole rings is 1. The topological polar surface area (TPSA) is 92.4 Å². The summed E-state index contributed by atoms with van der Waals surface area (Å²) in [5.74, 6) is -1.96. The van der Waals surface area contributed by atoms with Crippen LogP contribution in [0.15, 0.2) is 18.2 Å². The predicted octanol–water partition coefficient (Wildman–Crippen LogP) is 4.27. The number of anilines is 2. The molecule has 2 unspecified atom stereocenters. The molecule has 7 rings (SSSR count). The molecule has 2 aromatic carbocycles. The molecule has 3 aliphatic heterocycles. The number of hydrogen-bond acceptors (Lipinski definition) is 9. The third-order valence-corrected chi connectivity index (χ3v) is 9.07. The second kappa shape index (κ2) is 9.67. The lowest BCUT2D eigenvalue weighted by molar-refractivity contribution is 0.188. The van der Waals surface area contributed by atoms with Gasteiger partial charge in [-0.15, -0.1) is 0 Å². The maximum Gasteiger partial charge on any atom is 0.319 e. The van der Waals surface area contributed by atoms with E-state index in [1.54, 1.807) is 0 Å². The summed E-state index contributed by atoms with van der Waals surface area (Å²) in [6.07, 6.45) is 1.39. The Morgan fingerprint density at radius 1 is 1.05 bits per heavy atom. The van der Waals surface area contributed by atoms with E-state index in [2.05, 4.69) is 20.3 Å². The number of alkyl halides is 1. The number of nitrogens with zero attached hydrogens (tertiary/aromatic N) is 5. The maximum atomic E-state index is 16.4. The lowest BCUT2D eigenvalue weighted by atomic mass is 10.0. The summed E-state index contributed by atoms with van der Waals surface area (Å²) >= 11 is 0.910. The van der Waals surface area contributed by atoms with Gasteiger partial charge in [0.05, 0.1) is 15.8 Å². The molecule has 13 heteroatoms. The van der Waals surface area contributed by atoms with Gasteiger partial charge < -0.3 is 20.7 Å². The van der Waals surface area contributed by atoms with Gasteiger partial charge in [0.2, 0.25) is 0 Å². The van der Waals surface area contributed by atoms with E-state index in [1.165, 1.54) is 12.1 Å². The molecule has 0 amide bonds. The van der Waals surface area contributed by atoms with E-state index < -0.39 is 23.6 Å². The molecule has 0 aliphatic carbocycles. The highest BCUT2D eigenvalue weighted by Crippen LogP contribution is 2.41. The van der Waals surface area contributed by atoms with Crippen molar-refractivity contribution in [2.45, 2.75) is 43.6 Å². The first kappa shape index (κ1) is 25.7. The number of benzene rings is 2. The van der Waals surface area contributed by atoms with Crippen LogP contribution in [-0.4, -0.2) is 77.4 Å². The molecule has 8 nitrogen and oxygen atoms in total. The fourth-order valence-corrected chi connectivity index (χ4v) is 7.02. The van der Waals surface area contributed by atoms with Gasteiger partial charge in [0, 0.05) is 48.7 Å². The van der Waals surface area contributed by atoms with E-state index in [0.29, 0.717) is 31.9 Å². The van der Waals surface area contributed by atoms with Crippen molar-refractivity contribution >= 4 is 43.4 Å². The molecule has 210 valence electrons. The highest BCUT2D eigenvalue weighted by molar-refractivity contribution is 7.22. The van der Waals surface area contributed by atoms with Gasteiger partial charge in [0.25, 0.3) is 0 Å². The maximum absolute atomic E-state index is 16.4. The smallest absolute Gasteiger partial charge is 0.319 e. The Bertz CT molecular complexity index is 1620. The van der Waals surface area contributed by atoms with Crippen LogP contribution in [0.5, 0.6) is 6.01 Å². The average molecular weight is 574 g/mol. The zero-order chi connectivity index (χ0) is 27.7. The lowest BCUT2D eigenvalue weighted by Gasteiger charge is -2.34. The van der Waals surface area contributed by atoms with E-state index in [-0.39, 0.29) is 68.1 Å². The van der Waals surface area contributed by atoms with E-state index in [4.69, 9.17) is 10.5 Å². The van der Waals surface area contributed by atoms with Gasteiger partial charge in [-0.1, -0.05) is 11.3 Å². The van der Waals surface area contributed by atoms with Crippen LogP contribution in [0.1, 0.15) is 19.3 Å². The fourth-order valence-electron chi connectivity index (χ4n) is 6.25. The number of ether oxygens (including phenoxy) is 1. The number of hydrogen-bond donors (Lipinski definition) is 2. The molecule has 0 saturated carbocycles. The second-order valence-electron chi connectivity index (χ2n) is 10.9. The van der Waals surface area contributed by atoms with Gasteiger partial charge in [-0.05, 0) is 44.5 Å². The summed E-state index contributed by atoms with van der Waals surface area (Å²) in [4.78, 5) is 17.0. The minimum atomic E-state index is -0.946. The number of rotatable bonds is 5. The Morgan fingerprint density at radius 3 is 2.55 bits per heavy atom. The molecule has 2 aromatic heterocycles. The minimum Gasteiger partial charge on any atom is -0.462 e. The molecule has 3 aliphatic rings. The number of nitrogens with two attached hydrogens (primary N) is 1. The summed E-state index contributed by atoms with van der Waals surface area (Å²) < 4.78 is 66.6. The number of piperazine rings is 1. The first-order chi connectivity index (χ1) is 19.2. The normalized spacial score (nSPS) is 25.0. The van der Waals surface area contributed by atoms with E-state index in [0.717, 1.165) is 30.2 Å². The number of likely N-dealkylation sites (N-methyl/N-ethyl adjacent to an activating group) is 1. The minimum absolute atomic E-state index is 0.0669. The van der Waals surface area contributed by atoms with Crippen molar-refractivity contribution < 1.29 is 22.3 Å². The molecule has 40 heavy (non-hydrogen) atoms. The number of halogens is 4. The number of nitrogens with one attached hydrogen (secondary N) is 1. The molecule has 0 spiro atoms. The number of fused-ring (bicyclic) bond motifs is 4. The SMILES string of the molecule is CN1C[C@H](F)C[C@H]1COc1nc(N2CC3CCC(C2)N3)c2cc(F)c(-c3ccc(F)c4sc(N)nc34)c(F)c2n1. The number of nitrogen functional groups attached to an aromatic ring is 1. The third kappa shape index (κ3) is 4.31. The molecule has 2 bridgehead atoms. The van der Waals surface area contributed by atoms with Crippen LogP contribution >= 0.6 is 11.3 Å². The van der Waals surface area contributed by atoms with Crippen molar-refractivity contribution in [2.24, 2.45) is 0 Å². The summed E-state index contributed by atoms with van der Waals surface area (Å²) in [6.45, 7) is 1.68. The number of aromatic nitrogens is 3. The molecule has 3 saturated heterocycles. The molecule has 3 N–H and O–H groups in total. The predicted molar refractivity (Wildman–Crippen MR) is 146 cm³/mol. The molecule has 0 radical (unpaired) electrons. The Labute approximate surface area is 231 Å². The molecular weight excluding hydrogens is 546 g/mol. The van der Waals surface area contributed by atoms with Crippen LogP contribution in [0.4, 0.5) is 28.5 Å². The lowest BCUT2D eigenvalue weighted by Crippen LogP contribution is -2.51. The van der Waals surface area contributed by atoms with Crippen molar-refractivity contribution in [3.8, 4) is 17.1 Å². The van der Waals surface area contributed by atoms with Crippen molar-refractivity contribution in [2.75, 3.05) is 43.9 Å². The first-order valence-electron chi connectivity index (χ1n) is 13.3. The van der Waals surface area contributed by atoms with Crippen LogP contribution in [0.3, 0.4) is 0 Å². The first-order valence-corrected chi connectivity index (χ1v) is 14.1. The number of likely N-dealkylation sites (tertiary alicyclic amines) is 1. The third-order valence-electron chi connectivity index (χ3n) is 8.18. The van der Waals surface area contributed by atoms with E-state index >= 15 is 8.78 Å². The molecule has 4 atom stereocenters. The van der Waals surface area contributed by atoms with Gasteiger partial charge in [-0.2, -0.15) is 9.97 Å². The summed E-state index contributed by atoms with van der Waals surface area (Å²) in [6, 6.07) is 3.91. The van der Waals surface area contributed by atoms with Gasteiger partial charge >= 0.3 is 6.01 Å². The quantitative estimate of drug-likeness (QED) is 0.342. The molecule has 3 fully saturated rings. The summed E-state index contributed by atoms with van der Waals surface area (Å²) in [7, 11) is 1.82. The Balaban J connectivity index is 1.37. The van der Waals surface area contributed by atoms with E-state index in [9.17, 15) is 8.78 Å². The van der Waals surface area contributed by atoms with Gasteiger partial charge in [0.1, 0.15) is 35.7 Å². The van der Waals surface area contributed by atoms with Gasteiger partial charge in [-0.25, -0.2) is 22.5 Å². The Morgan fingerprint density at radius 2 is 1.82 bits per heavy atom. The van der Waals surface area contributed by atoms with Crippen LogP contribution in [-0.2, 0) is 0 Å². The second-order valence-corrected chi connectivity index (χ2v) is 11.9. The van der Waals surface area contributed by atoms with Crippen LogP contribution in [0, 0.1) is 17.5 Å². The average Bonchev–Trinajstić information content (AvgIpc) is 3.58. The fraction of sp³-hybridized carbons (Fsp3) is 0.444. The van der Waals surface area contributed by atoms with Gasteiger partial charge in [-0.3, -0.25) is 4.90 Å². The highest BCUT2D eigenvalue weighted by Gasteiger charge is 2.35. The van der Waals surface area contributed by atoms with Crippen molar-refractivity contribution in [3.63, 3.8) is 0 Å². The summed E-state index contributed by atoms with van der Waals surface area (Å²) in [5.41, 5.74) is 5.46. The monoisotopic (exact) mass is 573 g/mol. The van der Waals surface area contributed by atoms with Gasteiger partial charge in [0.15, 0.2) is 10.9 Å².